The minimum absolute atomic E-state index is 0.0967. The lowest BCUT2D eigenvalue weighted by molar-refractivity contribution is -0.154. The number of nitrogens with two attached hydrogens (primary N) is 1. The van der Waals surface area contributed by atoms with Crippen molar-refractivity contribution in [2.45, 2.75) is 232 Å². The van der Waals surface area contributed by atoms with Gasteiger partial charge in [-0.1, -0.05) is 191 Å². The average Bonchev–Trinajstić information content (AvgIpc) is 3.23. The predicted octanol–water partition coefficient (Wildman–Crippen LogP) is 15.1. The average molecular weight is 852 g/mol. The van der Waals surface area contributed by atoms with E-state index >= 15 is 0 Å². The van der Waals surface area contributed by atoms with Gasteiger partial charge in [-0.3, -0.25) is 13.8 Å². The van der Waals surface area contributed by atoms with Gasteiger partial charge in [-0.2, -0.15) is 0 Å². The van der Waals surface area contributed by atoms with Gasteiger partial charge in [0.15, 0.2) is 0 Å². The van der Waals surface area contributed by atoms with Crippen LogP contribution in [0.15, 0.2) is 48.6 Å². The quantitative estimate of drug-likeness (QED) is 0.0269. The molecular weight excluding hydrogens is 758 g/mol. The lowest BCUT2D eigenvalue weighted by Crippen LogP contribution is -2.28. The van der Waals surface area contributed by atoms with Gasteiger partial charge >= 0.3 is 13.8 Å². The molecule has 0 rings (SSSR count). The van der Waals surface area contributed by atoms with Crippen molar-refractivity contribution >= 4 is 13.8 Å². The Labute approximate surface area is 364 Å². The molecule has 2 atom stereocenters. The summed E-state index contributed by atoms with van der Waals surface area (Å²) in [4.78, 5) is 22.6. The SMILES string of the molecule is CCCCCCC/C=C\C/C=C\C/C=C\CCCCCCCCCOCC(COP(=O)(O)OCCN)OC(=O)CCCCCCCCC/C=C\CCCCCCCCC. The number of hydrogen-bond acceptors (Lipinski definition) is 7. The maximum Gasteiger partial charge on any atom is 0.472 e. The summed E-state index contributed by atoms with van der Waals surface area (Å²) in [5, 5.41) is 0. The van der Waals surface area contributed by atoms with Crippen LogP contribution in [0.25, 0.3) is 0 Å². The molecule has 3 N–H and O–H groups in total. The molecule has 346 valence electrons. The van der Waals surface area contributed by atoms with Gasteiger partial charge in [0.1, 0.15) is 6.10 Å². The highest BCUT2D eigenvalue weighted by molar-refractivity contribution is 7.47. The van der Waals surface area contributed by atoms with E-state index in [1.807, 2.05) is 0 Å². The predicted molar refractivity (Wildman–Crippen MR) is 252 cm³/mol. The summed E-state index contributed by atoms with van der Waals surface area (Å²) in [5.41, 5.74) is 5.38. The molecule has 2 unspecified atom stereocenters. The van der Waals surface area contributed by atoms with Crippen molar-refractivity contribution in [1.29, 1.82) is 0 Å². The number of phosphoric acid groups is 1. The molecule has 0 radical (unpaired) electrons. The number of allylic oxidation sites excluding steroid dienone is 8. The van der Waals surface area contributed by atoms with Crippen LogP contribution in [0, 0.1) is 0 Å². The third kappa shape index (κ3) is 47.4. The fourth-order valence-electron chi connectivity index (χ4n) is 6.82. The van der Waals surface area contributed by atoms with Crippen LogP contribution in [-0.2, 0) is 27.9 Å². The highest BCUT2D eigenvalue weighted by atomic mass is 31.2. The van der Waals surface area contributed by atoms with Crippen molar-refractivity contribution in [2.75, 3.05) is 33.0 Å². The van der Waals surface area contributed by atoms with Gasteiger partial charge in [0.2, 0.25) is 0 Å². The minimum Gasteiger partial charge on any atom is -0.457 e. The Balaban J connectivity index is 4.00. The Morgan fingerprint density at radius 2 is 0.898 bits per heavy atom. The van der Waals surface area contributed by atoms with Gasteiger partial charge in [0, 0.05) is 19.6 Å². The minimum atomic E-state index is -4.29. The second-order valence-electron chi connectivity index (χ2n) is 16.3. The second kappa shape index (κ2) is 47.5. The second-order valence-corrected chi connectivity index (χ2v) is 17.8. The van der Waals surface area contributed by atoms with E-state index in [0.717, 1.165) is 51.4 Å². The molecular formula is C50H94NO7P. The number of unbranched alkanes of at least 4 members (excludes halogenated alkanes) is 26. The first-order valence-corrected chi connectivity index (χ1v) is 26.1. The zero-order valence-corrected chi connectivity index (χ0v) is 39.4. The summed E-state index contributed by atoms with van der Waals surface area (Å²) in [5.74, 6) is -0.338. The number of rotatable bonds is 47. The van der Waals surface area contributed by atoms with Crippen molar-refractivity contribution < 1.29 is 32.8 Å². The fraction of sp³-hybridized carbons (Fsp3) is 0.820. The zero-order chi connectivity index (χ0) is 43.0. The maximum atomic E-state index is 12.6. The van der Waals surface area contributed by atoms with Gasteiger partial charge in [-0.25, -0.2) is 4.57 Å². The summed E-state index contributed by atoms with van der Waals surface area (Å²) in [6, 6.07) is 0. The van der Waals surface area contributed by atoms with Gasteiger partial charge in [0.25, 0.3) is 0 Å². The lowest BCUT2D eigenvalue weighted by Gasteiger charge is -2.20. The normalized spacial score (nSPS) is 13.8. The standard InChI is InChI=1S/C50H94NO7P/c1-3-5-7-9-11-13-15-17-19-21-23-24-25-26-28-30-32-34-36-38-40-42-45-55-47-49(48-57-59(53,54)56-46-44-51)58-50(52)43-41-39-37-35-33-31-29-27-22-20-18-16-14-12-10-8-6-4-2/h15,17,20-23,25-26,49H,3-14,16,18-19,24,27-48,51H2,1-2H3,(H,53,54)/b17-15-,22-20-,23-21-,26-25-. The molecule has 0 bridgehead atoms. The van der Waals surface area contributed by atoms with Crippen molar-refractivity contribution in [3.8, 4) is 0 Å². The third-order valence-electron chi connectivity index (χ3n) is 10.5. The number of carbonyl (C=O) groups is 1. The molecule has 0 saturated heterocycles. The molecule has 0 saturated carbocycles. The Hall–Kier alpha value is -1.54. The number of phosphoric ester groups is 1. The first-order chi connectivity index (χ1) is 28.9. The summed E-state index contributed by atoms with van der Waals surface area (Å²) in [7, 11) is -4.29. The topological polar surface area (TPSA) is 117 Å². The third-order valence-corrected chi connectivity index (χ3v) is 11.5. The molecule has 59 heavy (non-hydrogen) atoms. The molecule has 0 aromatic heterocycles. The van der Waals surface area contributed by atoms with E-state index in [1.54, 1.807) is 0 Å². The molecule has 8 nitrogen and oxygen atoms in total. The number of ether oxygens (including phenoxy) is 2. The van der Waals surface area contributed by atoms with E-state index in [2.05, 4.69) is 62.5 Å². The summed E-state index contributed by atoms with van der Waals surface area (Å²) in [6.45, 7) is 4.90. The molecule has 0 aliphatic carbocycles. The first-order valence-electron chi connectivity index (χ1n) is 24.6. The smallest absolute Gasteiger partial charge is 0.457 e. The van der Waals surface area contributed by atoms with E-state index in [1.165, 1.54) is 154 Å². The maximum absolute atomic E-state index is 12.6. The van der Waals surface area contributed by atoms with Crippen LogP contribution < -0.4 is 5.73 Å². The highest BCUT2D eigenvalue weighted by Crippen LogP contribution is 2.43. The molecule has 0 aliphatic rings. The summed E-state index contributed by atoms with van der Waals surface area (Å²) < 4.78 is 33.5. The Morgan fingerprint density at radius 1 is 0.508 bits per heavy atom. The molecule has 0 aromatic carbocycles. The van der Waals surface area contributed by atoms with E-state index in [4.69, 9.17) is 24.3 Å². The van der Waals surface area contributed by atoms with E-state index in [0.29, 0.717) is 13.0 Å². The zero-order valence-electron chi connectivity index (χ0n) is 38.5. The number of hydrogen-bond donors (Lipinski definition) is 2. The van der Waals surface area contributed by atoms with Gasteiger partial charge in [-0.05, 0) is 77.0 Å². The highest BCUT2D eigenvalue weighted by Gasteiger charge is 2.25. The van der Waals surface area contributed by atoms with Crippen molar-refractivity contribution in [1.82, 2.24) is 0 Å². The van der Waals surface area contributed by atoms with Crippen LogP contribution >= 0.6 is 7.82 Å². The van der Waals surface area contributed by atoms with Crippen molar-refractivity contribution in [2.24, 2.45) is 5.73 Å². The Kier molecular flexibility index (Phi) is 46.3. The van der Waals surface area contributed by atoms with Crippen LogP contribution in [-0.4, -0.2) is 49.9 Å². The van der Waals surface area contributed by atoms with Gasteiger partial charge < -0.3 is 20.1 Å². The number of carbonyl (C=O) groups excluding carboxylic acids is 1. The lowest BCUT2D eigenvalue weighted by atomic mass is 10.1. The largest absolute Gasteiger partial charge is 0.472 e. The van der Waals surface area contributed by atoms with Crippen molar-refractivity contribution in [3.05, 3.63) is 48.6 Å². The molecule has 9 heteroatoms. The molecule has 0 fully saturated rings. The van der Waals surface area contributed by atoms with E-state index < -0.39 is 13.9 Å². The summed E-state index contributed by atoms with van der Waals surface area (Å²) >= 11 is 0. The van der Waals surface area contributed by atoms with Crippen LogP contribution in [0.3, 0.4) is 0 Å². The van der Waals surface area contributed by atoms with E-state index in [-0.39, 0.29) is 32.3 Å². The van der Waals surface area contributed by atoms with Crippen LogP contribution in [0.2, 0.25) is 0 Å². The van der Waals surface area contributed by atoms with E-state index in [9.17, 15) is 14.3 Å². The van der Waals surface area contributed by atoms with Gasteiger partial charge in [-0.15, -0.1) is 0 Å². The summed E-state index contributed by atoms with van der Waals surface area (Å²) in [6.07, 6.45) is 57.1. The van der Waals surface area contributed by atoms with Crippen LogP contribution in [0.4, 0.5) is 0 Å². The monoisotopic (exact) mass is 852 g/mol. The molecule has 0 aromatic rings. The molecule has 0 amide bonds. The van der Waals surface area contributed by atoms with Gasteiger partial charge in [0.05, 0.1) is 19.8 Å². The Morgan fingerprint density at radius 3 is 1.36 bits per heavy atom. The fourth-order valence-corrected chi connectivity index (χ4v) is 7.59. The van der Waals surface area contributed by atoms with Crippen LogP contribution in [0.1, 0.15) is 226 Å². The Bertz CT molecular complexity index is 1050. The first kappa shape index (κ1) is 57.5. The molecule has 0 heterocycles. The molecule has 0 aliphatic heterocycles. The molecule has 0 spiro atoms. The van der Waals surface area contributed by atoms with Crippen molar-refractivity contribution in [3.63, 3.8) is 0 Å². The van der Waals surface area contributed by atoms with Crippen LogP contribution in [0.5, 0.6) is 0 Å². The number of esters is 1.